The number of aliphatic hydroxyl groups excluding tert-OH is 2. The molecule has 0 radical (unpaired) electrons. The van der Waals surface area contributed by atoms with Gasteiger partial charge in [0, 0.05) is 18.7 Å². The van der Waals surface area contributed by atoms with Crippen LogP contribution in [-0.4, -0.2) is 54.2 Å². The van der Waals surface area contributed by atoms with Gasteiger partial charge in [0.1, 0.15) is 4.99 Å². The minimum absolute atomic E-state index is 0.0574. The fraction of sp³-hybridized carbons (Fsp3) is 0.417. The maximum Gasteiger partial charge on any atom is 0.218 e. The lowest BCUT2D eigenvalue weighted by atomic mass is 10.1. The van der Waals surface area contributed by atoms with Crippen LogP contribution >= 0.6 is 12.2 Å². The van der Waals surface area contributed by atoms with Gasteiger partial charge in [-0.1, -0.05) is 36.5 Å². The molecule has 4 N–H and O–H groups in total. The highest BCUT2D eigenvalue weighted by Gasteiger charge is 2.23. The predicted octanol–water partition coefficient (Wildman–Crippen LogP) is -0.563. The average Bonchev–Trinajstić information content (AvgIpc) is 2.38. The van der Waals surface area contributed by atoms with Crippen LogP contribution in [0.15, 0.2) is 24.3 Å². The van der Waals surface area contributed by atoms with E-state index in [0.717, 1.165) is 4.31 Å². The predicted molar refractivity (Wildman–Crippen MR) is 80.7 cm³/mol. The Morgan fingerprint density at radius 1 is 1.20 bits per heavy atom. The van der Waals surface area contributed by atoms with Crippen molar-refractivity contribution in [1.29, 1.82) is 0 Å². The first-order valence-electron chi connectivity index (χ1n) is 5.99. The molecule has 0 heterocycles. The minimum atomic E-state index is -3.66. The quantitative estimate of drug-likeness (QED) is 0.555. The van der Waals surface area contributed by atoms with Gasteiger partial charge in [-0.3, -0.25) is 0 Å². The van der Waals surface area contributed by atoms with Gasteiger partial charge in [-0.25, -0.2) is 8.42 Å². The van der Waals surface area contributed by atoms with Crippen LogP contribution in [0.1, 0.15) is 11.1 Å². The molecule has 0 bridgehead atoms. The van der Waals surface area contributed by atoms with Crippen LogP contribution in [0.3, 0.4) is 0 Å². The summed E-state index contributed by atoms with van der Waals surface area (Å²) in [7, 11) is -3.66. The van der Waals surface area contributed by atoms with Crippen molar-refractivity contribution in [2.45, 2.75) is 5.75 Å². The number of sulfonamides is 1. The first kappa shape index (κ1) is 17.0. The lowest BCUT2D eigenvalue weighted by molar-refractivity contribution is 0.217. The second kappa shape index (κ2) is 7.65. The molecule has 0 aliphatic heterocycles. The smallest absolute Gasteiger partial charge is 0.218 e. The number of rotatable bonds is 8. The fourth-order valence-corrected chi connectivity index (χ4v) is 3.53. The summed E-state index contributed by atoms with van der Waals surface area (Å²) in [5.74, 6) is -0.277. The van der Waals surface area contributed by atoms with E-state index in [1.54, 1.807) is 24.3 Å². The summed E-state index contributed by atoms with van der Waals surface area (Å²) in [5, 5.41) is 17.8. The van der Waals surface area contributed by atoms with Gasteiger partial charge in [0.15, 0.2) is 0 Å². The Morgan fingerprint density at radius 3 is 2.25 bits per heavy atom. The summed E-state index contributed by atoms with van der Waals surface area (Å²) in [5.41, 5.74) is 6.58. The number of nitrogens with two attached hydrogens (primary N) is 1. The SMILES string of the molecule is NC(=S)c1ccccc1CS(=O)(=O)N(CCO)CCO. The van der Waals surface area contributed by atoms with Gasteiger partial charge in [-0.2, -0.15) is 4.31 Å². The van der Waals surface area contributed by atoms with Crippen LogP contribution in [0.25, 0.3) is 0 Å². The molecule has 0 aromatic heterocycles. The minimum Gasteiger partial charge on any atom is -0.395 e. The van der Waals surface area contributed by atoms with Crippen molar-refractivity contribution in [3.05, 3.63) is 35.4 Å². The summed E-state index contributed by atoms with van der Waals surface area (Å²) in [6.07, 6.45) is 0. The molecule has 0 spiro atoms. The fourth-order valence-electron chi connectivity index (χ4n) is 1.79. The lowest BCUT2D eigenvalue weighted by Crippen LogP contribution is -2.37. The number of hydrogen-bond donors (Lipinski definition) is 3. The molecule has 0 unspecified atom stereocenters. The Morgan fingerprint density at radius 2 is 1.75 bits per heavy atom. The standard InChI is InChI=1S/C12H18N2O4S2/c13-12(19)11-4-2-1-3-10(11)9-20(17,18)14(5-7-15)6-8-16/h1-4,15-16H,5-9H2,(H2,13,19). The third kappa shape index (κ3) is 4.50. The third-order valence-electron chi connectivity index (χ3n) is 2.71. The Balaban J connectivity index is 3.03. The topological polar surface area (TPSA) is 104 Å². The van der Waals surface area contributed by atoms with Gasteiger partial charge in [0.2, 0.25) is 10.0 Å². The van der Waals surface area contributed by atoms with E-state index in [2.05, 4.69) is 0 Å². The third-order valence-corrected chi connectivity index (χ3v) is 4.76. The molecule has 0 amide bonds. The van der Waals surface area contributed by atoms with E-state index in [9.17, 15) is 8.42 Å². The van der Waals surface area contributed by atoms with E-state index < -0.39 is 10.0 Å². The summed E-state index contributed by atoms with van der Waals surface area (Å²) in [6, 6.07) is 6.73. The molecule has 1 aromatic rings. The van der Waals surface area contributed by atoms with Gasteiger partial charge in [-0.15, -0.1) is 0 Å². The van der Waals surface area contributed by atoms with Gasteiger partial charge < -0.3 is 15.9 Å². The summed E-state index contributed by atoms with van der Waals surface area (Å²) in [6.45, 7) is -0.734. The molecule has 20 heavy (non-hydrogen) atoms. The summed E-state index contributed by atoms with van der Waals surface area (Å²) >= 11 is 4.90. The average molecular weight is 318 g/mol. The van der Waals surface area contributed by atoms with Crippen molar-refractivity contribution < 1.29 is 18.6 Å². The highest BCUT2D eigenvalue weighted by atomic mass is 32.2. The molecule has 6 nitrogen and oxygen atoms in total. The van der Waals surface area contributed by atoms with Crippen LogP contribution in [-0.2, 0) is 15.8 Å². The normalized spacial score (nSPS) is 11.8. The van der Waals surface area contributed by atoms with Gasteiger partial charge in [-0.05, 0) is 5.56 Å². The highest BCUT2D eigenvalue weighted by molar-refractivity contribution is 7.88. The molecular formula is C12H18N2O4S2. The zero-order chi connectivity index (χ0) is 15.2. The van der Waals surface area contributed by atoms with E-state index >= 15 is 0 Å². The highest BCUT2D eigenvalue weighted by Crippen LogP contribution is 2.15. The Labute approximate surface area is 123 Å². The summed E-state index contributed by atoms with van der Waals surface area (Å²) in [4.78, 5) is 0.131. The zero-order valence-electron chi connectivity index (χ0n) is 10.9. The van der Waals surface area contributed by atoms with Crippen molar-refractivity contribution in [2.75, 3.05) is 26.3 Å². The molecule has 1 aromatic carbocycles. The second-order valence-electron chi connectivity index (χ2n) is 4.12. The summed E-state index contributed by atoms with van der Waals surface area (Å²) < 4.78 is 25.6. The first-order chi connectivity index (χ1) is 9.42. The van der Waals surface area contributed by atoms with Crippen LogP contribution in [0, 0.1) is 0 Å². The van der Waals surface area contributed by atoms with Gasteiger partial charge >= 0.3 is 0 Å². The van der Waals surface area contributed by atoms with Crippen LogP contribution in [0.2, 0.25) is 0 Å². The van der Waals surface area contributed by atoms with Crippen molar-refractivity contribution in [3.8, 4) is 0 Å². The van der Waals surface area contributed by atoms with Gasteiger partial charge in [0.05, 0.1) is 19.0 Å². The lowest BCUT2D eigenvalue weighted by Gasteiger charge is -2.21. The molecule has 0 aliphatic rings. The van der Waals surface area contributed by atoms with Crippen molar-refractivity contribution in [1.82, 2.24) is 4.31 Å². The largest absolute Gasteiger partial charge is 0.395 e. The molecule has 1 rings (SSSR count). The zero-order valence-corrected chi connectivity index (χ0v) is 12.5. The van der Waals surface area contributed by atoms with E-state index in [4.69, 9.17) is 28.2 Å². The van der Waals surface area contributed by atoms with Crippen molar-refractivity contribution in [2.24, 2.45) is 5.73 Å². The van der Waals surface area contributed by atoms with E-state index in [0.29, 0.717) is 11.1 Å². The van der Waals surface area contributed by atoms with E-state index in [1.165, 1.54) is 0 Å². The van der Waals surface area contributed by atoms with Gasteiger partial charge in [0.25, 0.3) is 0 Å². The maximum absolute atomic E-state index is 12.3. The van der Waals surface area contributed by atoms with Crippen molar-refractivity contribution in [3.63, 3.8) is 0 Å². The molecule has 0 fully saturated rings. The molecule has 112 valence electrons. The Kier molecular flexibility index (Phi) is 6.50. The van der Waals surface area contributed by atoms with Crippen molar-refractivity contribution >= 4 is 27.2 Å². The molecule has 0 saturated heterocycles. The molecule has 0 atom stereocenters. The van der Waals surface area contributed by atoms with Crippen LogP contribution in [0.4, 0.5) is 0 Å². The number of nitrogens with zero attached hydrogens (tertiary/aromatic N) is 1. The number of benzene rings is 1. The number of thiocarbonyl (C=S) groups is 1. The maximum atomic E-state index is 12.3. The molecular weight excluding hydrogens is 300 g/mol. The van der Waals surface area contributed by atoms with Crippen LogP contribution < -0.4 is 5.73 Å². The van der Waals surface area contributed by atoms with Crippen LogP contribution in [0.5, 0.6) is 0 Å². The Bertz CT molecular complexity index is 554. The number of aliphatic hydroxyl groups is 2. The molecule has 8 heteroatoms. The molecule has 0 saturated carbocycles. The van der Waals surface area contributed by atoms with E-state index in [-0.39, 0.29) is 37.0 Å². The number of hydrogen-bond acceptors (Lipinski definition) is 5. The second-order valence-corrected chi connectivity index (χ2v) is 6.53. The molecule has 0 aliphatic carbocycles. The Hall–Kier alpha value is -1.06. The first-order valence-corrected chi connectivity index (χ1v) is 8.01. The van der Waals surface area contributed by atoms with E-state index in [1.807, 2.05) is 0 Å². The monoisotopic (exact) mass is 318 g/mol.